The van der Waals surface area contributed by atoms with Crippen LogP contribution in [0.2, 0.25) is 0 Å². The second-order valence-electron chi connectivity index (χ2n) is 4.04. The summed E-state index contributed by atoms with van der Waals surface area (Å²) in [6.07, 6.45) is 1.27. The maximum Gasteiger partial charge on any atom is 0.279 e. The summed E-state index contributed by atoms with van der Waals surface area (Å²) in [5, 5.41) is 11.8. The van der Waals surface area contributed by atoms with Crippen molar-refractivity contribution in [2.75, 3.05) is 32.8 Å². The molecule has 0 aliphatic carbocycles. The van der Waals surface area contributed by atoms with Gasteiger partial charge in [0.25, 0.3) is 10.2 Å². The Morgan fingerprint density at radius 1 is 1.44 bits per heavy atom. The fourth-order valence-electron chi connectivity index (χ4n) is 1.67. The zero-order valence-electron chi connectivity index (χ0n) is 9.65. The largest absolute Gasteiger partial charge is 0.396 e. The molecule has 0 saturated carbocycles. The zero-order chi connectivity index (χ0) is 12.0. The van der Waals surface area contributed by atoms with E-state index in [0.717, 1.165) is 0 Å². The molecular formula is C9H21N3O3S. The quantitative estimate of drug-likeness (QED) is 0.559. The molecule has 1 unspecified atom stereocenters. The van der Waals surface area contributed by atoms with Crippen molar-refractivity contribution in [2.45, 2.75) is 25.8 Å². The third-order valence-corrected chi connectivity index (χ3v) is 4.31. The molecule has 16 heavy (non-hydrogen) atoms. The predicted molar refractivity (Wildman–Crippen MR) is 62.3 cm³/mol. The Morgan fingerprint density at radius 2 is 2.06 bits per heavy atom. The van der Waals surface area contributed by atoms with Crippen LogP contribution in [-0.4, -0.2) is 56.7 Å². The van der Waals surface area contributed by atoms with Crippen LogP contribution < -0.4 is 10.0 Å². The fraction of sp³-hybridized carbons (Fsp3) is 1.00. The average molecular weight is 251 g/mol. The number of rotatable bonds is 6. The van der Waals surface area contributed by atoms with Gasteiger partial charge >= 0.3 is 0 Å². The van der Waals surface area contributed by atoms with Crippen LogP contribution in [0.4, 0.5) is 0 Å². The van der Waals surface area contributed by atoms with E-state index >= 15 is 0 Å². The summed E-state index contributed by atoms with van der Waals surface area (Å²) in [7, 11) is -3.35. The van der Waals surface area contributed by atoms with Gasteiger partial charge in [-0.3, -0.25) is 0 Å². The van der Waals surface area contributed by atoms with Crippen molar-refractivity contribution in [3.8, 4) is 0 Å². The molecule has 96 valence electrons. The van der Waals surface area contributed by atoms with Gasteiger partial charge in [-0.05, 0) is 19.8 Å². The standard InChI is InChI=1S/C9H21N3O3S/c1-9(3-2-8-13)11-16(14,15)12-6-4-10-5-7-12/h9-11,13H,2-8H2,1H3. The normalized spacial score (nSPS) is 20.9. The van der Waals surface area contributed by atoms with Gasteiger partial charge in [0, 0.05) is 38.8 Å². The molecule has 1 heterocycles. The van der Waals surface area contributed by atoms with Crippen molar-refractivity contribution in [3.63, 3.8) is 0 Å². The Labute approximate surface area is 97.2 Å². The summed E-state index contributed by atoms with van der Waals surface area (Å²) >= 11 is 0. The summed E-state index contributed by atoms with van der Waals surface area (Å²) in [6.45, 7) is 4.34. The van der Waals surface area contributed by atoms with Gasteiger partial charge in [-0.15, -0.1) is 0 Å². The molecule has 1 fully saturated rings. The van der Waals surface area contributed by atoms with Crippen molar-refractivity contribution < 1.29 is 13.5 Å². The van der Waals surface area contributed by atoms with Crippen LogP contribution in [0, 0.1) is 0 Å². The van der Waals surface area contributed by atoms with Crippen molar-refractivity contribution in [1.82, 2.24) is 14.3 Å². The third-order valence-electron chi connectivity index (χ3n) is 2.56. The van der Waals surface area contributed by atoms with E-state index in [1.54, 1.807) is 0 Å². The molecule has 1 aliphatic heterocycles. The highest BCUT2D eigenvalue weighted by atomic mass is 32.2. The van der Waals surface area contributed by atoms with E-state index in [2.05, 4.69) is 10.0 Å². The van der Waals surface area contributed by atoms with Crippen molar-refractivity contribution >= 4 is 10.2 Å². The van der Waals surface area contributed by atoms with Crippen LogP contribution in [0.5, 0.6) is 0 Å². The third kappa shape index (κ3) is 4.34. The van der Waals surface area contributed by atoms with E-state index in [1.807, 2.05) is 6.92 Å². The molecule has 0 spiro atoms. The summed E-state index contributed by atoms with van der Waals surface area (Å²) in [5.74, 6) is 0. The minimum atomic E-state index is -3.35. The number of piperazine rings is 1. The maximum absolute atomic E-state index is 11.9. The van der Waals surface area contributed by atoms with Crippen LogP contribution in [0.15, 0.2) is 0 Å². The molecule has 1 aliphatic rings. The molecule has 0 aromatic rings. The van der Waals surface area contributed by atoms with E-state index in [0.29, 0.717) is 39.0 Å². The maximum atomic E-state index is 11.9. The zero-order valence-corrected chi connectivity index (χ0v) is 10.5. The highest BCUT2D eigenvalue weighted by Gasteiger charge is 2.24. The van der Waals surface area contributed by atoms with Crippen molar-refractivity contribution in [1.29, 1.82) is 0 Å². The van der Waals surface area contributed by atoms with Crippen LogP contribution in [0.1, 0.15) is 19.8 Å². The SMILES string of the molecule is CC(CCCO)NS(=O)(=O)N1CCNCC1. The molecule has 1 rings (SSSR count). The van der Waals surface area contributed by atoms with E-state index in [9.17, 15) is 8.42 Å². The Kier molecular flexibility index (Phi) is 5.63. The number of aliphatic hydroxyl groups excluding tert-OH is 1. The van der Waals surface area contributed by atoms with Gasteiger partial charge in [-0.2, -0.15) is 17.4 Å². The van der Waals surface area contributed by atoms with E-state index < -0.39 is 10.2 Å². The molecule has 0 aromatic heterocycles. The second-order valence-corrected chi connectivity index (χ2v) is 5.74. The minimum Gasteiger partial charge on any atom is -0.396 e. The monoisotopic (exact) mass is 251 g/mol. The predicted octanol–water partition coefficient (Wildman–Crippen LogP) is -1.11. The number of hydrogen-bond donors (Lipinski definition) is 3. The Morgan fingerprint density at radius 3 is 2.62 bits per heavy atom. The lowest BCUT2D eigenvalue weighted by Crippen LogP contribution is -2.52. The average Bonchev–Trinajstić information content (AvgIpc) is 2.27. The molecule has 0 amide bonds. The minimum absolute atomic E-state index is 0.0969. The van der Waals surface area contributed by atoms with Gasteiger partial charge in [-0.1, -0.05) is 0 Å². The Bertz CT molecular complexity index is 288. The summed E-state index contributed by atoms with van der Waals surface area (Å²) < 4.78 is 27.8. The second kappa shape index (κ2) is 6.51. The molecule has 0 aromatic carbocycles. The Hall–Kier alpha value is -0.210. The number of nitrogens with zero attached hydrogens (tertiary/aromatic N) is 1. The molecule has 1 atom stereocenters. The van der Waals surface area contributed by atoms with Crippen molar-refractivity contribution in [2.24, 2.45) is 0 Å². The van der Waals surface area contributed by atoms with Gasteiger partial charge in [0.05, 0.1) is 0 Å². The number of hydrogen-bond acceptors (Lipinski definition) is 4. The first kappa shape index (κ1) is 13.9. The molecule has 1 saturated heterocycles. The number of nitrogens with one attached hydrogen (secondary N) is 2. The Balaban J connectivity index is 2.43. The molecular weight excluding hydrogens is 230 g/mol. The van der Waals surface area contributed by atoms with Gasteiger partial charge in [0.15, 0.2) is 0 Å². The molecule has 3 N–H and O–H groups in total. The summed E-state index contributed by atoms with van der Waals surface area (Å²) in [4.78, 5) is 0. The first-order chi connectivity index (χ1) is 7.56. The van der Waals surface area contributed by atoms with Crippen LogP contribution in [-0.2, 0) is 10.2 Å². The van der Waals surface area contributed by atoms with Gasteiger partial charge in [-0.25, -0.2) is 0 Å². The van der Waals surface area contributed by atoms with Gasteiger partial charge < -0.3 is 10.4 Å². The summed E-state index contributed by atoms with van der Waals surface area (Å²) in [5.41, 5.74) is 0. The highest BCUT2D eigenvalue weighted by molar-refractivity contribution is 7.87. The number of aliphatic hydroxyl groups is 1. The molecule has 6 nitrogen and oxygen atoms in total. The lowest BCUT2D eigenvalue weighted by Gasteiger charge is -2.28. The van der Waals surface area contributed by atoms with E-state index in [4.69, 9.17) is 5.11 Å². The smallest absolute Gasteiger partial charge is 0.279 e. The van der Waals surface area contributed by atoms with Crippen LogP contribution in [0.25, 0.3) is 0 Å². The van der Waals surface area contributed by atoms with Gasteiger partial charge in [0.2, 0.25) is 0 Å². The summed E-state index contributed by atoms with van der Waals surface area (Å²) in [6, 6.07) is -0.132. The molecule has 0 radical (unpaired) electrons. The molecule has 0 bridgehead atoms. The first-order valence-corrected chi connectivity index (χ1v) is 7.09. The van der Waals surface area contributed by atoms with Crippen LogP contribution >= 0.6 is 0 Å². The van der Waals surface area contributed by atoms with Gasteiger partial charge in [0.1, 0.15) is 0 Å². The molecule has 7 heteroatoms. The lowest BCUT2D eigenvalue weighted by molar-refractivity contribution is 0.278. The fourth-order valence-corrected chi connectivity index (χ4v) is 3.11. The van der Waals surface area contributed by atoms with E-state index in [-0.39, 0.29) is 12.6 Å². The van der Waals surface area contributed by atoms with Crippen molar-refractivity contribution in [3.05, 3.63) is 0 Å². The first-order valence-electron chi connectivity index (χ1n) is 5.65. The lowest BCUT2D eigenvalue weighted by atomic mass is 10.2. The highest BCUT2D eigenvalue weighted by Crippen LogP contribution is 2.04. The topological polar surface area (TPSA) is 81.7 Å². The van der Waals surface area contributed by atoms with Crippen LogP contribution in [0.3, 0.4) is 0 Å². The van der Waals surface area contributed by atoms with E-state index in [1.165, 1.54) is 4.31 Å².